The Bertz CT molecular complexity index is 415. The molecule has 0 aliphatic heterocycles. The smallest absolute Gasteiger partial charge is 0.255 e. The summed E-state index contributed by atoms with van der Waals surface area (Å²) < 4.78 is 10.9. The lowest BCUT2D eigenvalue weighted by molar-refractivity contribution is 0.0626. The maximum atomic E-state index is 12.5. The van der Waals surface area contributed by atoms with E-state index in [0.29, 0.717) is 31.9 Å². The maximum absolute atomic E-state index is 12.5. The molecule has 19 heavy (non-hydrogen) atoms. The molecule has 0 spiro atoms. The lowest BCUT2D eigenvalue weighted by Gasteiger charge is -2.22. The Morgan fingerprint density at radius 3 is 2.26 bits per heavy atom. The summed E-state index contributed by atoms with van der Waals surface area (Å²) >= 11 is 3.44. The van der Waals surface area contributed by atoms with Crippen molar-refractivity contribution < 1.29 is 14.3 Å². The number of rotatable bonds is 7. The highest BCUT2D eigenvalue weighted by atomic mass is 79.9. The van der Waals surface area contributed by atoms with Gasteiger partial charge in [0.25, 0.3) is 5.91 Å². The number of aryl methyl sites for hydroxylation is 1. The van der Waals surface area contributed by atoms with E-state index in [0.717, 1.165) is 10.0 Å². The van der Waals surface area contributed by atoms with Gasteiger partial charge >= 0.3 is 0 Å². The van der Waals surface area contributed by atoms with Gasteiger partial charge in [0.05, 0.1) is 18.8 Å². The number of ether oxygens (including phenoxy) is 2. The van der Waals surface area contributed by atoms with Crippen LogP contribution in [0.2, 0.25) is 0 Å². The van der Waals surface area contributed by atoms with Crippen LogP contribution in [-0.4, -0.2) is 51.3 Å². The van der Waals surface area contributed by atoms with Gasteiger partial charge in [0.1, 0.15) is 0 Å². The van der Waals surface area contributed by atoms with Crippen molar-refractivity contribution in [1.82, 2.24) is 4.90 Å². The molecule has 0 aliphatic carbocycles. The molecule has 106 valence electrons. The van der Waals surface area contributed by atoms with Crippen LogP contribution < -0.4 is 0 Å². The van der Waals surface area contributed by atoms with Crippen molar-refractivity contribution in [2.45, 2.75) is 6.92 Å². The summed E-state index contributed by atoms with van der Waals surface area (Å²) in [5.74, 6) is -0.0130. The van der Waals surface area contributed by atoms with Gasteiger partial charge in [-0.15, -0.1) is 0 Å². The number of amides is 1. The third kappa shape index (κ3) is 4.93. The first-order chi connectivity index (χ1) is 9.10. The second-order valence-electron chi connectivity index (χ2n) is 4.26. The second-order valence-corrected chi connectivity index (χ2v) is 5.12. The third-order valence-electron chi connectivity index (χ3n) is 2.77. The van der Waals surface area contributed by atoms with E-state index in [1.807, 2.05) is 25.1 Å². The molecule has 0 saturated heterocycles. The molecule has 0 bridgehead atoms. The zero-order valence-corrected chi connectivity index (χ0v) is 13.2. The van der Waals surface area contributed by atoms with Gasteiger partial charge in [0, 0.05) is 31.8 Å². The van der Waals surface area contributed by atoms with Crippen molar-refractivity contribution in [3.8, 4) is 0 Å². The first-order valence-electron chi connectivity index (χ1n) is 6.13. The minimum Gasteiger partial charge on any atom is -0.383 e. The molecule has 0 atom stereocenters. The van der Waals surface area contributed by atoms with Crippen LogP contribution in [0.3, 0.4) is 0 Å². The summed E-state index contributed by atoms with van der Waals surface area (Å²) in [7, 11) is 3.25. The van der Waals surface area contributed by atoms with Crippen molar-refractivity contribution in [2.75, 3.05) is 40.5 Å². The first kappa shape index (κ1) is 16.1. The summed E-state index contributed by atoms with van der Waals surface area (Å²) in [6.45, 7) is 4.13. The fraction of sp³-hybridized carbons (Fsp3) is 0.500. The Labute approximate surface area is 122 Å². The van der Waals surface area contributed by atoms with E-state index in [1.165, 1.54) is 0 Å². The lowest BCUT2D eigenvalue weighted by atomic mass is 10.1. The number of carbonyl (C=O) groups excluding carboxylic acids is 1. The molecule has 0 radical (unpaired) electrons. The summed E-state index contributed by atoms with van der Waals surface area (Å²) in [4.78, 5) is 14.2. The van der Waals surface area contributed by atoms with Crippen LogP contribution in [0.1, 0.15) is 15.9 Å². The predicted octanol–water partition coefficient (Wildman–Crippen LogP) is 2.49. The third-order valence-corrected chi connectivity index (χ3v) is 3.43. The second kappa shape index (κ2) is 8.30. The number of hydrogen-bond acceptors (Lipinski definition) is 3. The Balaban J connectivity index is 2.84. The van der Waals surface area contributed by atoms with E-state index in [4.69, 9.17) is 9.47 Å². The number of nitrogens with zero attached hydrogens (tertiary/aromatic N) is 1. The van der Waals surface area contributed by atoms with Crippen LogP contribution in [-0.2, 0) is 9.47 Å². The highest BCUT2D eigenvalue weighted by molar-refractivity contribution is 9.10. The molecule has 0 saturated carbocycles. The summed E-state index contributed by atoms with van der Waals surface area (Å²) in [6.07, 6.45) is 0. The Hall–Kier alpha value is -0.910. The molecule has 0 aliphatic rings. The van der Waals surface area contributed by atoms with Crippen LogP contribution in [0, 0.1) is 6.92 Å². The van der Waals surface area contributed by atoms with E-state index >= 15 is 0 Å². The largest absolute Gasteiger partial charge is 0.383 e. The fourth-order valence-corrected chi connectivity index (χ4v) is 2.34. The van der Waals surface area contributed by atoms with Gasteiger partial charge in [-0.05, 0) is 40.5 Å². The molecule has 0 aromatic heterocycles. The zero-order chi connectivity index (χ0) is 14.3. The molecule has 0 heterocycles. The van der Waals surface area contributed by atoms with Crippen LogP contribution in [0.25, 0.3) is 0 Å². The minimum atomic E-state index is -0.0130. The molecular formula is C14H20BrNO3. The molecule has 0 unspecified atom stereocenters. The number of carbonyl (C=O) groups is 1. The normalized spacial score (nSPS) is 10.5. The standard InChI is InChI=1S/C14H20BrNO3/c1-11-4-5-12(13(15)10-11)14(17)16(6-8-18-2)7-9-19-3/h4-5,10H,6-9H2,1-3H3. The van der Waals surface area contributed by atoms with E-state index in [-0.39, 0.29) is 5.91 Å². The van der Waals surface area contributed by atoms with E-state index in [1.54, 1.807) is 19.1 Å². The van der Waals surface area contributed by atoms with Crippen molar-refractivity contribution in [1.29, 1.82) is 0 Å². The van der Waals surface area contributed by atoms with Gasteiger partial charge < -0.3 is 14.4 Å². The molecule has 1 amide bonds. The average Bonchev–Trinajstić information content (AvgIpc) is 2.38. The van der Waals surface area contributed by atoms with Crippen LogP contribution in [0.4, 0.5) is 0 Å². The van der Waals surface area contributed by atoms with Gasteiger partial charge in [0.15, 0.2) is 0 Å². The fourth-order valence-electron chi connectivity index (χ4n) is 1.68. The zero-order valence-electron chi connectivity index (χ0n) is 11.6. The van der Waals surface area contributed by atoms with Crippen molar-refractivity contribution in [3.05, 3.63) is 33.8 Å². The maximum Gasteiger partial charge on any atom is 0.255 e. The summed E-state index contributed by atoms with van der Waals surface area (Å²) in [5, 5.41) is 0. The van der Waals surface area contributed by atoms with Crippen LogP contribution in [0.15, 0.2) is 22.7 Å². The van der Waals surface area contributed by atoms with Crippen molar-refractivity contribution in [3.63, 3.8) is 0 Å². The van der Waals surface area contributed by atoms with Gasteiger partial charge in [-0.25, -0.2) is 0 Å². The number of halogens is 1. The molecule has 1 rings (SSSR count). The SMILES string of the molecule is COCCN(CCOC)C(=O)c1ccc(C)cc1Br. The van der Waals surface area contributed by atoms with Crippen LogP contribution >= 0.6 is 15.9 Å². The Morgan fingerprint density at radius 2 is 1.79 bits per heavy atom. The Kier molecular flexibility index (Phi) is 7.05. The quantitative estimate of drug-likeness (QED) is 0.771. The molecule has 4 nitrogen and oxygen atoms in total. The van der Waals surface area contributed by atoms with Gasteiger partial charge in [-0.1, -0.05) is 6.07 Å². The topological polar surface area (TPSA) is 38.8 Å². The highest BCUT2D eigenvalue weighted by Gasteiger charge is 2.17. The number of benzene rings is 1. The van der Waals surface area contributed by atoms with Gasteiger partial charge in [0.2, 0.25) is 0 Å². The predicted molar refractivity (Wildman–Crippen MR) is 78.5 cm³/mol. The molecule has 0 N–H and O–H groups in total. The van der Waals surface area contributed by atoms with Crippen molar-refractivity contribution in [2.24, 2.45) is 0 Å². The first-order valence-corrected chi connectivity index (χ1v) is 6.92. The highest BCUT2D eigenvalue weighted by Crippen LogP contribution is 2.20. The van der Waals surface area contributed by atoms with Crippen LogP contribution in [0.5, 0.6) is 0 Å². The van der Waals surface area contributed by atoms with Gasteiger partial charge in [-0.2, -0.15) is 0 Å². The minimum absolute atomic E-state index is 0.0130. The van der Waals surface area contributed by atoms with E-state index < -0.39 is 0 Å². The van der Waals surface area contributed by atoms with Gasteiger partial charge in [-0.3, -0.25) is 4.79 Å². The summed E-state index contributed by atoms with van der Waals surface area (Å²) in [5.41, 5.74) is 1.78. The molecular weight excluding hydrogens is 310 g/mol. The molecule has 0 fully saturated rings. The van der Waals surface area contributed by atoms with E-state index in [9.17, 15) is 4.79 Å². The Morgan fingerprint density at radius 1 is 1.21 bits per heavy atom. The number of methoxy groups -OCH3 is 2. The average molecular weight is 330 g/mol. The lowest BCUT2D eigenvalue weighted by Crippen LogP contribution is -2.36. The molecule has 1 aromatic rings. The monoisotopic (exact) mass is 329 g/mol. The molecule has 5 heteroatoms. The van der Waals surface area contributed by atoms with Crippen molar-refractivity contribution >= 4 is 21.8 Å². The van der Waals surface area contributed by atoms with E-state index in [2.05, 4.69) is 15.9 Å². The molecule has 1 aromatic carbocycles. The number of hydrogen-bond donors (Lipinski definition) is 0. The summed E-state index contributed by atoms with van der Waals surface area (Å²) in [6, 6.07) is 5.72.